The topological polar surface area (TPSA) is 102 Å². The average molecular weight is 549 g/mol. The van der Waals surface area contributed by atoms with Crippen LogP contribution in [0.4, 0.5) is 0 Å². The number of H-pyrrole nitrogens is 2. The van der Waals surface area contributed by atoms with E-state index in [0.717, 1.165) is 51.3 Å². The summed E-state index contributed by atoms with van der Waals surface area (Å²) in [6.45, 7) is 8.56. The van der Waals surface area contributed by atoms with Crippen LogP contribution in [-0.2, 0) is 22.6 Å². The largest absolute Gasteiger partial charge is 0.343 e. The van der Waals surface area contributed by atoms with E-state index in [4.69, 9.17) is 7.85 Å². The van der Waals surface area contributed by atoms with E-state index in [1.165, 1.54) is 0 Å². The normalized spacial score (nSPS) is 18.6. The van der Waals surface area contributed by atoms with Crippen molar-refractivity contribution >= 4 is 46.9 Å². The summed E-state index contributed by atoms with van der Waals surface area (Å²) in [4.78, 5) is 47.1. The molecule has 4 aromatic rings. The van der Waals surface area contributed by atoms with Crippen LogP contribution in [0.3, 0.4) is 0 Å². The molecule has 0 spiro atoms. The van der Waals surface area contributed by atoms with Gasteiger partial charge in [0, 0.05) is 49.1 Å². The first-order chi connectivity index (χ1) is 19.6. The van der Waals surface area contributed by atoms with Gasteiger partial charge in [-0.3, -0.25) is 19.5 Å². The molecule has 4 heterocycles. The zero-order valence-corrected chi connectivity index (χ0v) is 24.0. The smallest absolute Gasteiger partial charge is 0.251 e. The maximum absolute atomic E-state index is 13.9. The summed E-state index contributed by atoms with van der Waals surface area (Å²) in [5, 5.41) is 9.14. The molecule has 0 aliphatic carbocycles. The summed E-state index contributed by atoms with van der Waals surface area (Å²) >= 11 is 0. The van der Waals surface area contributed by atoms with Crippen LogP contribution in [0, 0.1) is 11.3 Å². The highest BCUT2D eigenvalue weighted by atomic mass is 16.2. The number of carbonyl (C=O) groups excluding carboxylic acids is 2. The van der Waals surface area contributed by atoms with Gasteiger partial charge in [0.25, 0.3) is 5.56 Å². The number of para-hydroxylation sites is 1. The van der Waals surface area contributed by atoms with Gasteiger partial charge in [-0.05, 0) is 59.2 Å². The molecule has 2 radical (unpaired) electrons. The van der Waals surface area contributed by atoms with Crippen molar-refractivity contribution in [3.05, 3.63) is 69.6 Å². The SMILES string of the molecule is [B]c1cc2c(c3cn[nH]c13)CN(CC(C)(C)C)C(=O)[C@H](CC(=O)N1CCC(c3cc4ccccc4[nH]c3=O)CC1)C2. The number of fused-ring (bicyclic) bond motifs is 4. The molecule has 2 aliphatic rings. The lowest BCUT2D eigenvalue weighted by molar-refractivity contribution is -0.142. The highest BCUT2D eigenvalue weighted by molar-refractivity contribution is 6.38. The lowest BCUT2D eigenvalue weighted by Gasteiger charge is -2.34. The van der Waals surface area contributed by atoms with Crippen molar-refractivity contribution in [2.75, 3.05) is 19.6 Å². The molecule has 1 fully saturated rings. The van der Waals surface area contributed by atoms with Gasteiger partial charge in [0.05, 0.1) is 17.6 Å². The van der Waals surface area contributed by atoms with Crippen molar-refractivity contribution in [2.45, 2.75) is 58.9 Å². The van der Waals surface area contributed by atoms with Gasteiger partial charge in [0.2, 0.25) is 11.8 Å². The van der Waals surface area contributed by atoms with Crippen molar-refractivity contribution in [1.82, 2.24) is 25.0 Å². The summed E-state index contributed by atoms with van der Waals surface area (Å²) < 4.78 is 0. The Morgan fingerprint density at radius 3 is 2.63 bits per heavy atom. The quantitative estimate of drug-likeness (QED) is 0.380. The number of aromatic amines is 2. The molecule has 2 aromatic heterocycles. The monoisotopic (exact) mass is 549 g/mol. The standard InChI is InChI=1S/C32H36BN5O3/c1-32(2,3)18-38-17-25-21(14-26(33)29-24(25)16-34-36-29)12-22(31(38)41)15-28(39)37-10-8-19(9-11-37)23-13-20-6-4-5-7-27(20)35-30(23)40/h4-7,13-14,16,19,22H,8-12,15,17-18H2,1-3H3,(H,34,36)(H,35,40)/t22-/m0/s1. The molecule has 2 aliphatic heterocycles. The maximum Gasteiger partial charge on any atom is 0.251 e. The number of piperidine rings is 1. The summed E-state index contributed by atoms with van der Waals surface area (Å²) in [7, 11) is 6.34. The lowest BCUT2D eigenvalue weighted by atomic mass is 9.85. The number of benzene rings is 2. The van der Waals surface area contributed by atoms with E-state index in [1.807, 2.05) is 46.2 Å². The minimum absolute atomic E-state index is 0.00857. The number of nitrogens with zero attached hydrogens (tertiary/aromatic N) is 3. The van der Waals surface area contributed by atoms with Crippen LogP contribution in [0.15, 0.2) is 47.4 Å². The van der Waals surface area contributed by atoms with E-state index in [-0.39, 0.29) is 35.1 Å². The number of hydrogen-bond acceptors (Lipinski definition) is 4. The van der Waals surface area contributed by atoms with E-state index < -0.39 is 5.92 Å². The van der Waals surface area contributed by atoms with E-state index in [0.29, 0.717) is 38.1 Å². The second-order valence-corrected chi connectivity index (χ2v) is 12.9. The van der Waals surface area contributed by atoms with Gasteiger partial charge >= 0.3 is 0 Å². The van der Waals surface area contributed by atoms with Gasteiger partial charge in [-0.1, -0.05) is 50.5 Å². The molecule has 8 nitrogen and oxygen atoms in total. The fourth-order valence-electron chi connectivity index (χ4n) is 6.62. The van der Waals surface area contributed by atoms with Gasteiger partial charge in [-0.2, -0.15) is 5.10 Å². The first-order valence-electron chi connectivity index (χ1n) is 14.5. The zero-order chi connectivity index (χ0) is 28.9. The zero-order valence-electron chi connectivity index (χ0n) is 24.0. The number of amides is 2. The Labute approximate surface area is 240 Å². The van der Waals surface area contributed by atoms with Crippen molar-refractivity contribution in [1.29, 1.82) is 0 Å². The second kappa shape index (κ2) is 10.5. The Kier molecular flexibility index (Phi) is 7.00. The first kappa shape index (κ1) is 27.3. The summed E-state index contributed by atoms with van der Waals surface area (Å²) in [6.07, 6.45) is 3.85. The van der Waals surface area contributed by atoms with Gasteiger partial charge in [0.1, 0.15) is 7.85 Å². The van der Waals surface area contributed by atoms with E-state index in [9.17, 15) is 14.4 Å². The molecule has 0 unspecified atom stereocenters. The van der Waals surface area contributed by atoms with Gasteiger partial charge in [-0.25, -0.2) is 0 Å². The minimum Gasteiger partial charge on any atom is -0.343 e. The van der Waals surface area contributed by atoms with Crippen molar-refractivity contribution < 1.29 is 9.59 Å². The average Bonchev–Trinajstić information content (AvgIpc) is 3.39. The Morgan fingerprint density at radius 1 is 1.12 bits per heavy atom. The molecular formula is C32H36BN5O3. The fourth-order valence-corrected chi connectivity index (χ4v) is 6.62. The molecule has 1 saturated heterocycles. The van der Waals surface area contributed by atoms with Crippen molar-refractivity contribution in [3.8, 4) is 0 Å². The molecule has 0 bridgehead atoms. The Hall–Kier alpha value is -3.88. The van der Waals surface area contributed by atoms with Crippen LogP contribution in [0.5, 0.6) is 0 Å². The number of pyridine rings is 1. The van der Waals surface area contributed by atoms with Gasteiger partial charge < -0.3 is 14.8 Å². The van der Waals surface area contributed by atoms with Gasteiger partial charge in [-0.15, -0.1) is 0 Å². The number of rotatable bonds is 4. The summed E-state index contributed by atoms with van der Waals surface area (Å²) in [5.41, 5.74) is 4.91. The molecule has 1 atom stereocenters. The van der Waals surface area contributed by atoms with Crippen molar-refractivity contribution in [3.63, 3.8) is 0 Å². The van der Waals surface area contributed by atoms with Crippen LogP contribution in [-0.4, -0.2) is 64.3 Å². The van der Waals surface area contributed by atoms with E-state index in [1.54, 1.807) is 6.20 Å². The second-order valence-electron chi connectivity index (χ2n) is 12.9. The molecule has 9 heteroatoms. The number of hydrogen-bond donors (Lipinski definition) is 2. The Balaban J connectivity index is 1.20. The lowest BCUT2D eigenvalue weighted by Crippen LogP contribution is -2.43. The van der Waals surface area contributed by atoms with Crippen LogP contribution in [0.25, 0.3) is 21.8 Å². The van der Waals surface area contributed by atoms with Gasteiger partial charge in [0.15, 0.2) is 0 Å². The third-order valence-electron chi connectivity index (χ3n) is 8.60. The molecule has 0 saturated carbocycles. The molecule has 2 N–H and O–H groups in total. The van der Waals surface area contributed by atoms with E-state index in [2.05, 4.69) is 36.0 Å². The molecule has 2 amide bonds. The number of likely N-dealkylation sites (tertiary alicyclic amines) is 1. The molecule has 2 aromatic carbocycles. The first-order valence-corrected chi connectivity index (χ1v) is 14.5. The predicted octanol–water partition coefficient (Wildman–Crippen LogP) is 3.54. The van der Waals surface area contributed by atoms with E-state index >= 15 is 0 Å². The number of carbonyl (C=O) groups is 2. The predicted molar refractivity (Wildman–Crippen MR) is 161 cm³/mol. The summed E-state index contributed by atoms with van der Waals surface area (Å²) in [6, 6.07) is 11.7. The van der Waals surface area contributed by atoms with Crippen LogP contribution in [0.1, 0.15) is 62.6 Å². The molecule has 6 rings (SSSR count). The van der Waals surface area contributed by atoms with Crippen LogP contribution in [0.2, 0.25) is 0 Å². The number of aromatic nitrogens is 3. The summed E-state index contributed by atoms with van der Waals surface area (Å²) in [5.74, 6) is -0.361. The molecular weight excluding hydrogens is 513 g/mol. The molecule has 210 valence electrons. The van der Waals surface area contributed by atoms with Crippen LogP contribution >= 0.6 is 0 Å². The van der Waals surface area contributed by atoms with Crippen LogP contribution < -0.4 is 11.0 Å². The Morgan fingerprint density at radius 2 is 1.88 bits per heavy atom. The molecule has 41 heavy (non-hydrogen) atoms. The number of nitrogens with one attached hydrogen (secondary N) is 2. The Bertz CT molecular complexity index is 1690. The van der Waals surface area contributed by atoms with Crippen molar-refractivity contribution in [2.24, 2.45) is 11.3 Å². The highest BCUT2D eigenvalue weighted by Gasteiger charge is 2.36. The highest BCUT2D eigenvalue weighted by Crippen LogP contribution is 2.33. The fraction of sp³-hybridized carbons (Fsp3) is 0.438. The maximum atomic E-state index is 13.9. The minimum atomic E-state index is -0.462. The third-order valence-corrected chi connectivity index (χ3v) is 8.60. The third kappa shape index (κ3) is 5.42.